The van der Waals surface area contributed by atoms with E-state index in [1.807, 2.05) is 6.92 Å². The molecule has 0 bridgehead atoms. The van der Waals surface area contributed by atoms with E-state index in [1.165, 1.54) is 0 Å². The molecule has 0 aromatic rings. The molecule has 0 aliphatic heterocycles. The lowest BCUT2D eigenvalue weighted by atomic mass is 10.1. The molecule has 0 spiro atoms. The maximum atomic E-state index is 9.43. The Kier molecular flexibility index (Phi) is 3.28. The second-order valence-electron chi connectivity index (χ2n) is 3.20. The van der Waals surface area contributed by atoms with Crippen molar-refractivity contribution in [2.45, 2.75) is 32.4 Å². The first-order chi connectivity index (χ1) is 4.39. The summed E-state index contributed by atoms with van der Waals surface area (Å²) >= 11 is 0. The van der Waals surface area contributed by atoms with Crippen LogP contribution in [-0.4, -0.2) is 41.2 Å². The molecule has 0 aliphatic carbocycles. The number of aliphatic hydroxyl groups is 1. The zero-order valence-corrected chi connectivity index (χ0v) is 7.20. The molecule has 0 fully saturated rings. The molecule has 0 radical (unpaired) electrons. The Bertz CT molecular complexity index is 96.3. The van der Waals surface area contributed by atoms with Crippen molar-refractivity contribution in [2.75, 3.05) is 14.1 Å². The van der Waals surface area contributed by atoms with Gasteiger partial charge in [-0.25, -0.2) is 5.21 Å². The molecular formula is C7H18NO2+. The molecule has 2 unspecified atom stereocenters. The van der Waals surface area contributed by atoms with E-state index >= 15 is 0 Å². The highest BCUT2D eigenvalue weighted by molar-refractivity contribution is 4.59. The Morgan fingerprint density at radius 3 is 1.80 bits per heavy atom. The molecule has 62 valence electrons. The highest BCUT2D eigenvalue weighted by atomic mass is 16.5. The van der Waals surface area contributed by atoms with Gasteiger partial charge in [0.05, 0.1) is 14.1 Å². The minimum absolute atomic E-state index is 0.0833. The van der Waals surface area contributed by atoms with Crippen molar-refractivity contribution < 1.29 is 15.0 Å². The van der Waals surface area contributed by atoms with Gasteiger partial charge in [-0.05, 0) is 6.92 Å². The van der Waals surface area contributed by atoms with Crippen molar-refractivity contribution in [3.8, 4) is 0 Å². The van der Waals surface area contributed by atoms with Crippen LogP contribution in [0, 0.1) is 0 Å². The lowest BCUT2D eigenvalue weighted by molar-refractivity contribution is -1.09. The zero-order chi connectivity index (χ0) is 8.36. The van der Waals surface area contributed by atoms with Gasteiger partial charge in [-0.15, -0.1) is 0 Å². The molecule has 0 saturated heterocycles. The second-order valence-corrected chi connectivity index (χ2v) is 3.20. The molecular weight excluding hydrogens is 130 g/mol. The fraction of sp³-hybridized carbons (Fsp3) is 1.00. The maximum absolute atomic E-state index is 9.43. The lowest BCUT2D eigenvalue weighted by Gasteiger charge is -2.31. The van der Waals surface area contributed by atoms with E-state index in [-0.39, 0.29) is 10.7 Å². The predicted octanol–water partition coefficient (Wildman–Crippen LogP) is 0.611. The quantitative estimate of drug-likeness (QED) is 0.455. The maximum Gasteiger partial charge on any atom is 0.144 e. The number of hydroxylamine groups is 3. The molecule has 3 nitrogen and oxygen atoms in total. The minimum Gasteiger partial charge on any atom is -0.387 e. The van der Waals surface area contributed by atoms with E-state index in [2.05, 4.69) is 0 Å². The summed E-state index contributed by atoms with van der Waals surface area (Å²) in [5, 5.41) is 18.6. The number of hydrogen-bond donors (Lipinski definition) is 2. The summed E-state index contributed by atoms with van der Waals surface area (Å²) in [5.41, 5.74) is 0. The van der Waals surface area contributed by atoms with Crippen LogP contribution in [0.15, 0.2) is 0 Å². The average Bonchev–Trinajstić information content (AvgIpc) is 1.60. The van der Waals surface area contributed by atoms with Crippen molar-refractivity contribution in [1.29, 1.82) is 0 Å². The number of hydrogen-bond acceptors (Lipinski definition) is 2. The third-order valence-electron chi connectivity index (χ3n) is 1.79. The van der Waals surface area contributed by atoms with Gasteiger partial charge in [0, 0.05) is 6.42 Å². The topological polar surface area (TPSA) is 40.5 Å². The van der Waals surface area contributed by atoms with E-state index < -0.39 is 6.10 Å². The monoisotopic (exact) mass is 148 g/mol. The van der Waals surface area contributed by atoms with Crippen LogP contribution in [0.2, 0.25) is 0 Å². The molecule has 0 aliphatic rings. The molecule has 2 N–H and O–H groups in total. The summed E-state index contributed by atoms with van der Waals surface area (Å²) in [6, 6.07) is -0.0833. The molecule has 0 amide bonds. The predicted molar refractivity (Wildman–Crippen MR) is 39.7 cm³/mol. The van der Waals surface area contributed by atoms with E-state index in [0.717, 1.165) is 6.42 Å². The van der Waals surface area contributed by atoms with E-state index in [0.29, 0.717) is 0 Å². The van der Waals surface area contributed by atoms with Crippen molar-refractivity contribution in [1.82, 2.24) is 0 Å². The number of aliphatic hydroxyl groups excluding tert-OH is 1. The first kappa shape index (κ1) is 9.88. The van der Waals surface area contributed by atoms with Crippen molar-refractivity contribution in [3.63, 3.8) is 0 Å². The Hall–Kier alpha value is -0.120. The van der Waals surface area contributed by atoms with Crippen molar-refractivity contribution in [2.24, 2.45) is 0 Å². The highest BCUT2D eigenvalue weighted by Crippen LogP contribution is 2.10. The molecule has 2 atom stereocenters. The Morgan fingerprint density at radius 1 is 1.40 bits per heavy atom. The van der Waals surface area contributed by atoms with E-state index in [1.54, 1.807) is 21.0 Å². The van der Waals surface area contributed by atoms with Crippen LogP contribution in [-0.2, 0) is 0 Å². The summed E-state index contributed by atoms with van der Waals surface area (Å²) < 4.78 is -0.159. The molecule has 0 saturated carbocycles. The molecule has 0 aromatic heterocycles. The van der Waals surface area contributed by atoms with Gasteiger partial charge in [-0.1, -0.05) is 6.92 Å². The van der Waals surface area contributed by atoms with Crippen LogP contribution in [0.1, 0.15) is 20.3 Å². The summed E-state index contributed by atoms with van der Waals surface area (Å²) in [4.78, 5) is 0. The summed E-state index contributed by atoms with van der Waals surface area (Å²) in [6.45, 7) is 3.65. The second kappa shape index (κ2) is 3.32. The van der Waals surface area contributed by atoms with Crippen LogP contribution in [0.4, 0.5) is 0 Å². The van der Waals surface area contributed by atoms with Gasteiger partial charge in [0.15, 0.2) is 0 Å². The SMILES string of the molecule is CCC(C(C)O)[N+](C)(C)O. The van der Waals surface area contributed by atoms with Crippen molar-refractivity contribution in [3.05, 3.63) is 0 Å². The Morgan fingerprint density at radius 2 is 1.80 bits per heavy atom. The third-order valence-corrected chi connectivity index (χ3v) is 1.79. The molecule has 3 heteroatoms. The Labute approximate surface area is 62.4 Å². The standard InChI is InChI=1S/C7H18NO2/c1-5-7(6(2)9)8(3,4)10/h6-7,9-10H,5H2,1-4H3/q+1. The van der Waals surface area contributed by atoms with Gasteiger partial charge < -0.3 is 5.11 Å². The molecule has 0 aromatic carbocycles. The number of quaternary nitrogens is 1. The molecule has 0 rings (SSSR count). The lowest BCUT2D eigenvalue weighted by Crippen LogP contribution is -2.50. The van der Waals surface area contributed by atoms with Crippen LogP contribution in [0.5, 0.6) is 0 Å². The number of rotatable bonds is 3. The smallest absolute Gasteiger partial charge is 0.144 e. The normalized spacial score (nSPS) is 18.6. The number of nitrogens with zero attached hydrogens (tertiary/aromatic N) is 1. The van der Waals surface area contributed by atoms with Gasteiger partial charge in [0.1, 0.15) is 12.1 Å². The fourth-order valence-electron chi connectivity index (χ4n) is 1.32. The van der Waals surface area contributed by atoms with Crippen LogP contribution in [0.25, 0.3) is 0 Å². The zero-order valence-electron chi connectivity index (χ0n) is 7.20. The van der Waals surface area contributed by atoms with Gasteiger partial charge in [-0.2, -0.15) is 4.65 Å². The summed E-state index contributed by atoms with van der Waals surface area (Å²) in [7, 11) is 3.34. The third kappa shape index (κ3) is 2.64. The van der Waals surface area contributed by atoms with Crippen LogP contribution >= 0.6 is 0 Å². The molecule has 0 heterocycles. The van der Waals surface area contributed by atoms with E-state index in [4.69, 9.17) is 0 Å². The van der Waals surface area contributed by atoms with E-state index in [9.17, 15) is 10.3 Å². The average molecular weight is 148 g/mol. The van der Waals surface area contributed by atoms with Crippen LogP contribution in [0.3, 0.4) is 0 Å². The summed E-state index contributed by atoms with van der Waals surface area (Å²) in [6.07, 6.45) is 0.325. The van der Waals surface area contributed by atoms with Gasteiger partial charge in [-0.3, -0.25) is 0 Å². The number of likely N-dealkylation sites (N-methyl/N-ethyl adjacent to an activating group) is 1. The first-order valence-corrected chi connectivity index (χ1v) is 3.64. The van der Waals surface area contributed by atoms with Gasteiger partial charge >= 0.3 is 0 Å². The van der Waals surface area contributed by atoms with Gasteiger partial charge in [0.2, 0.25) is 0 Å². The Balaban J connectivity index is 4.07. The fourth-order valence-corrected chi connectivity index (χ4v) is 1.32. The largest absolute Gasteiger partial charge is 0.387 e. The summed E-state index contributed by atoms with van der Waals surface area (Å²) in [5.74, 6) is 0. The van der Waals surface area contributed by atoms with Gasteiger partial charge in [0.25, 0.3) is 0 Å². The molecule has 10 heavy (non-hydrogen) atoms. The first-order valence-electron chi connectivity index (χ1n) is 3.64. The van der Waals surface area contributed by atoms with Crippen LogP contribution < -0.4 is 0 Å². The van der Waals surface area contributed by atoms with Crippen molar-refractivity contribution >= 4 is 0 Å². The highest BCUT2D eigenvalue weighted by Gasteiger charge is 2.29. The minimum atomic E-state index is -0.454.